The van der Waals surface area contributed by atoms with E-state index in [2.05, 4.69) is 32.4 Å². The Morgan fingerprint density at radius 3 is 2.84 bits per heavy atom. The number of benzene rings is 1. The van der Waals surface area contributed by atoms with Crippen LogP contribution in [-0.2, 0) is 24.2 Å². The first-order valence-electron chi connectivity index (χ1n) is 10.8. The van der Waals surface area contributed by atoms with Crippen molar-refractivity contribution in [3.05, 3.63) is 57.3 Å². The zero-order chi connectivity index (χ0) is 22.1. The highest BCUT2D eigenvalue weighted by Gasteiger charge is 2.20. The van der Waals surface area contributed by atoms with Gasteiger partial charge >= 0.3 is 0 Å². The molecule has 1 aliphatic heterocycles. The first-order valence-corrected chi connectivity index (χ1v) is 11.6. The predicted octanol–water partition coefficient (Wildman–Crippen LogP) is 2.80. The third kappa shape index (κ3) is 7.47. The smallest absolute Gasteiger partial charge is 0.251 e. The molecule has 9 heteroatoms. The molecule has 0 spiro atoms. The maximum absolute atomic E-state index is 12.6. The predicted molar refractivity (Wildman–Crippen MR) is 141 cm³/mol. The number of hydrogen-bond donors (Lipinski definition) is 3. The number of guanidine groups is 1. The summed E-state index contributed by atoms with van der Waals surface area (Å²) in [4.78, 5) is 32.2. The molecule has 7 nitrogen and oxygen atoms in total. The summed E-state index contributed by atoms with van der Waals surface area (Å²) in [5.41, 5.74) is 3.02. The molecule has 0 atom stereocenters. The number of halogens is 1. The van der Waals surface area contributed by atoms with Crippen LogP contribution in [0.3, 0.4) is 0 Å². The van der Waals surface area contributed by atoms with Crippen molar-refractivity contribution in [3.8, 4) is 0 Å². The molecule has 0 unspecified atom stereocenters. The Labute approximate surface area is 211 Å². The molecular formula is C23H32IN5O2S. The fourth-order valence-electron chi connectivity index (χ4n) is 3.56. The molecule has 3 rings (SSSR count). The van der Waals surface area contributed by atoms with Crippen LogP contribution in [0.1, 0.15) is 39.7 Å². The molecule has 3 N–H and O–H groups in total. The van der Waals surface area contributed by atoms with Crippen molar-refractivity contribution in [2.75, 3.05) is 33.2 Å². The van der Waals surface area contributed by atoms with E-state index in [1.807, 2.05) is 30.0 Å². The molecule has 0 fully saturated rings. The highest BCUT2D eigenvalue weighted by Crippen LogP contribution is 2.24. The van der Waals surface area contributed by atoms with Crippen LogP contribution in [0.4, 0.5) is 0 Å². The lowest BCUT2D eigenvalue weighted by molar-refractivity contribution is -0.131. The van der Waals surface area contributed by atoms with Crippen molar-refractivity contribution in [1.29, 1.82) is 0 Å². The fraction of sp³-hybridized carbons (Fsp3) is 0.435. The number of nitrogens with one attached hydrogen (secondary N) is 3. The minimum atomic E-state index is -0.0849. The van der Waals surface area contributed by atoms with Crippen LogP contribution >= 0.6 is 35.3 Å². The number of carbonyl (C=O) groups is 2. The van der Waals surface area contributed by atoms with Gasteiger partial charge in [-0.2, -0.15) is 0 Å². The van der Waals surface area contributed by atoms with Crippen molar-refractivity contribution in [2.45, 2.75) is 32.7 Å². The number of fused-ring (bicyclic) bond motifs is 1. The molecule has 1 aliphatic rings. The lowest BCUT2D eigenvalue weighted by atomic mass is 10.1. The van der Waals surface area contributed by atoms with Crippen molar-refractivity contribution >= 4 is 53.1 Å². The van der Waals surface area contributed by atoms with Crippen LogP contribution in [0.5, 0.6) is 0 Å². The summed E-state index contributed by atoms with van der Waals surface area (Å²) in [5.74, 6) is 0.775. The molecule has 1 aromatic heterocycles. The van der Waals surface area contributed by atoms with Crippen LogP contribution in [0.15, 0.2) is 40.7 Å². The molecule has 0 radical (unpaired) electrons. The van der Waals surface area contributed by atoms with E-state index in [4.69, 9.17) is 0 Å². The number of hydrogen-bond acceptors (Lipinski definition) is 4. The molecule has 2 amide bonds. The van der Waals surface area contributed by atoms with Gasteiger partial charge in [0, 0.05) is 50.1 Å². The van der Waals surface area contributed by atoms with Crippen molar-refractivity contribution in [3.63, 3.8) is 0 Å². The Hall–Kier alpha value is -2.14. The van der Waals surface area contributed by atoms with E-state index >= 15 is 0 Å². The van der Waals surface area contributed by atoms with Crippen LogP contribution < -0.4 is 16.0 Å². The normalized spacial score (nSPS) is 13.1. The maximum atomic E-state index is 12.6. The Kier molecular flexibility index (Phi) is 10.9. The van der Waals surface area contributed by atoms with E-state index in [0.717, 1.165) is 38.0 Å². The Balaban J connectivity index is 0.00000363. The van der Waals surface area contributed by atoms with Gasteiger partial charge in [-0.3, -0.25) is 14.6 Å². The number of rotatable bonds is 8. The lowest BCUT2D eigenvalue weighted by Gasteiger charge is -2.26. The summed E-state index contributed by atoms with van der Waals surface area (Å²) in [5, 5.41) is 11.3. The highest BCUT2D eigenvalue weighted by atomic mass is 127. The number of nitrogens with zero attached hydrogens (tertiary/aromatic N) is 2. The van der Waals surface area contributed by atoms with E-state index in [9.17, 15) is 9.59 Å². The van der Waals surface area contributed by atoms with Crippen molar-refractivity contribution in [1.82, 2.24) is 20.9 Å². The van der Waals surface area contributed by atoms with Crippen LogP contribution in [0, 0.1) is 0 Å². The van der Waals surface area contributed by atoms with Gasteiger partial charge < -0.3 is 20.9 Å². The third-order valence-corrected chi connectivity index (χ3v) is 6.25. The van der Waals surface area contributed by atoms with Crippen molar-refractivity contribution in [2.24, 2.45) is 4.99 Å². The summed E-state index contributed by atoms with van der Waals surface area (Å²) < 4.78 is 0. The van der Waals surface area contributed by atoms with Crippen LogP contribution in [0.2, 0.25) is 0 Å². The second-order valence-corrected chi connectivity index (χ2v) is 8.40. The molecule has 2 heterocycles. The standard InChI is InChI=1S/C23H31N5O2S.HI/c1-3-25-23(26-11-7-17-5-4-6-18(15-17)22(30)24-2)27-12-8-21(29)28-13-9-20-19(16-28)10-14-31-20;/h4-6,10,14-15H,3,7-9,11-13,16H2,1-2H3,(H,24,30)(H2,25,26,27);1H. The van der Waals surface area contributed by atoms with Gasteiger partial charge in [-0.25, -0.2) is 0 Å². The summed E-state index contributed by atoms with van der Waals surface area (Å²) in [6, 6.07) is 9.73. The van der Waals surface area contributed by atoms with E-state index in [1.165, 1.54) is 10.4 Å². The number of aliphatic imine (C=N–C) groups is 1. The molecule has 2 aromatic rings. The second-order valence-electron chi connectivity index (χ2n) is 7.40. The van der Waals surface area contributed by atoms with E-state index < -0.39 is 0 Å². The first kappa shape index (κ1) is 26.1. The molecule has 0 bridgehead atoms. The minimum absolute atomic E-state index is 0. The average Bonchev–Trinajstić information content (AvgIpc) is 3.26. The van der Waals surface area contributed by atoms with E-state index in [1.54, 1.807) is 24.5 Å². The number of thiophene rings is 1. The van der Waals surface area contributed by atoms with Gasteiger partial charge in [0.05, 0.1) is 6.54 Å². The van der Waals surface area contributed by atoms with Gasteiger partial charge in [-0.15, -0.1) is 35.3 Å². The molecular weight excluding hydrogens is 537 g/mol. The second kappa shape index (κ2) is 13.4. The lowest BCUT2D eigenvalue weighted by Crippen LogP contribution is -2.39. The van der Waals surface area contributed by atoms with Gasteiger partial charge in [0.1, 0.15) is 0 Å². The zero-order valence-corrected chi connectivity index (χ0v) is 21.8. The zero-order valence-electron chi connectivity index (χ0n) is 18.6. The molecule has 174 valence electrons. The molecule has 0 saturated heterocycles. The average molecular weight is 570 g/mol. The monoisotopic (exact) mass is 569 g/mol. The fourth-order valence-corrected chi connectivity index (χ4v) is 4.45. The topological polar surface area (TPSA) is 85.8 Å². The Bertz CT molecular complexity index is 931. The third-order valence-electron chi connectivity index (χ3n) is 5.22. The van der Waals surface area contributed by atoms with Gasteiger partial charge in [0.2, 0.25) is 5.91 Å². The van der Waals surface area contributed by atoms with Gasteiger partial charge in [-0.1, -0.05) is 12.1 Å². The number of carbonyl (C=O) groups excluding carboxylic acids is 2. The Morgan fingerprint density at radius 1 is 1.22 bits per heavy atom. The molecule has 32 heavy (non-hydrogen) atoms. The van der Waals surface area contributed by atoms with Crippen LogP contribution in [-0.4, -0.2) is 55.9 Å². The summed E-state index contributed by atoms with van der Waals surface area (Å²) in [6.07, 6.45) is 2.13. The quantitative estimate of drug-likeness (QED) is 0.260. The van der Waals surface area contributed by atoms with E-state index in [0.29, 0.717) is 31.0 Å². The first-order chi connectivity index (χ1) is 15.1. The summed E-state index contributed by atoms with van der Waals surface area (Å²) in [7, 11) is 1.63. The minimum Gasteiger partial charge on any atom is -0.357 e. The van der Waals surface area contributed by atoms with Gasteiger partial charge in [0.15, 0.2) is 5.96 Å². The summed E-state index contributed by atoms with van der Waals surface area (Å²) >= 11 is 1.78. The maximum Gasteiger partial charge on any atom is 0.251 e. The van der Waals surface area contributed by atoms with Gasteiger partial charge in [-0.05, 0) is 54.5 Å². The largest absolute Gasteiger partial charge is 0.357 e. The molecule has 0 saturated carbocycles. The van der Waals surface area contributed by atoms with E-state index in [-0.39, 0.29) is 35.8 Å². The van der Waals surface area contributed by atoms with Crippen LogP contribution in [0.25, 0.3) is 0 Å². The molecule has 0 aliphatic carbocycles. The summed E-state index contributed by atoms with van der Waals surface area (Å²) in [6.45, 7) is 5.41. The molecule has 1 aromatic carbocycles. The number of amides is 2. The van der Waals surface area contributed by atoms with Gasteiger partial charge in [0.25, 0.3) is 5.91 Å². The highest BCUT2D eigenvalue weighted by molar-refractivity contribution is 14.0. The Morgan fingerprint density at radius 2 is 2.06 bits per heavy atom. The van der Waals surface area contributed by atoms with Crippen molar-refractivity contribution < 1.29 is 9.59 Å². The SMILES string of the molecule is CCNC(=NCCC(=O)N1CCc2sccc2C1)NCCc1cccc(C(=O)NC)c1.I.